The monoisotopic (exact) mass is 448 g/mol. The van der Waals surface area contributed by atoms with E-state index in [-0.39, 0.29) is 6.61 Å². The van der Waals surface area contributed by atoms with Gasteiger partial charge in [-0.1, -0.05) is 0 Å². The topological polar surface area (TPSA) is 26.3 Å². The van der Waals surface area contributed by atoms with Gasteiger partial charge in [0.15, 0.2) is 0 Å². The molecule has 0 aliphatic heterocycles. The van der Waals surface area contributed by atoms with Gasteiger partial charge in [0, 0.05) is 0 Å². The van der Waals surface area contributed by atoms with Crippen LogP contribution in [0, 0.1) is 0 Å². The number of rotatable bonds is 12. The molecule has 0 bridgehead atoms. The van der Waals surface area contributed by atoms with E-state index in [1.54, 1.807) is 0 Å². The van der Waals surface area contributed by atoms with Gasteiger partial charge in [-0.3, -0.25) is 0 Å². The fourth-order valence-electron chi connectivity index (χ4n) is 1.59. The van der Waals surface area contributed by atoms with E-state index in [0.717, 1.165) is 25.7 Å². The normalized spacial score (nSPS) is 14.4. The molecule has 0 aromatic carbocycles. The standard InChI is InChI=1S/C8H17O.C4H2F7.O.Sn/c1-2-3-4-5-6-7-8-9;5-1-3(8,9)4(10,11)2(6)7;;/h2-8H2,1H3;1-2H;;/q-1;;;+1. The zero-order chi connectivity index (χ0) is 17.4. The fourth-order valence-corrected chi connectivity index (χ4v) is 4.39. The predicted octanol–water partition coefficient (Wildman–Crippen LogP) is 4.70. The zero-order valence-corrected chi connectivity index (χ0v) is 14.9. The van der Waals surface area contributed by atoms with E-state index in [1.165, 1.54) is 0 Å². The molecule has 1 unspecified atom stereocenters. The second-order valence-corrected chi connectivity index (χ2v) is 8.94. The molecule has 1 atom stereocenters. The average molecular weight is 447 g/mol. The van der Waals surface area contributed by atoms with Gasteiger partial charge in [0.1, 0.15) is 0 Å². The number of unbranched alkanes of at least 4 members (excludes halogenated alkanes) is 5. The van der Waals surface area contributed by atoms with Crippen LogP contribution in [0.1, 0.15) is 45.4 Å². The molecular formula is C12H19F7O2Sn. The van der Waals surface area contributed by atoms with E-state index in [4.69, 9.17) is 0 Å². The molecule has 0 heterocycles. The Labute approximate surface area is 132 Å². The van der Waals surface area contributed by atoms with Crippen LogP contribution in [0.5, 0.6) is 0 Å². The van der Waals surface area contributed by atoms with Gasteiger partial charge < -0.3 is 0 Å². The first kappa shape index (κ1) is 22.1. The van der Waals surface area contributed by atoms with Gasteiger partial charge in [-0.25, -0.2) is 0 Å². The Morgan fingerprint density at radius 3 is 1.91 bits per heavy atom. The summed E-state index contributed by atoms with van der Waals surface area (Å²) < 4.78 is 99.8. The van der Waals surface area contributed by atoms with E-state index in [1.807, 2.05) is 6.92 Å². The van der Waals surface area contributed by atoms with Crippen molar-refractivity contribution >= 4 is 20.2 Å². The summed E-state index contributed by atoms with van der Waals surface area (Å²) in [5, 5.41) is 0. The van der Waals surface area contributed by atoms with E-state index in [0.29, 0.717) is 12.8 Å². The van der Waals surface area contributed by atoms with Crippen molar-refractivity contribution in [1.29, 1.82) is 0 Å². The molecule has 2 nitrogen and oxygen atoms in total. The Kier molecular flexibility index (Phi) is 10.1. The minimum absolute atomic E-state index is 0.304. The van der Waals surface area contributed by atoms with Crippen molar-refractivity contribution < 1.29 is 36.9 Å². The molecule has 132 valence electrons. The van der Waals surface area contributed by atoms with Crippen molar-refractivity contribution in [3.63, 3.8) is 0 Å². The molecule has 0 amide bonds. The van der Waals surface area contributed by atoms with E-state index < -0.39 is 42.6 Å². The number of hydrogen-bond acceptors (Lipinski definition) is 2. The maximum atomic E-state index is 13.2. The van der Waals surface area contributed by atoms with E-state index >= 15 is 0 Å². The zero-order valence-electron chi connectivity index (χ0n) is 12.1. The third-order valence-electron chi connectivity index (χ3n) is 2.99. The van der Waals surface area contributed by atoms with Crippen LogP contribution < -0.4 is 0 Å². The Morgan fingerprint density at radius 2 is 1.41 bits per heavy atom. The minimum atomic E-state index is -5.88. The van der Waals surface area contributed by atoms with Crippen LogP contribution in [0.15, 0.2) is 0 Å². The number of alkyl halides is 7. The van der Waals surface area contributed by atoms with Crippen LogP contribution in [0.3, 0.4) is 0 Å². The summed E-state index contributed by atoms with van der Waals surface area (Å²) in [6.07, 6.45) is 0.0143. The second-order valence-electron chi connectivity index (χ2n) is 4.84. The third kappa shape index (κ3) is 6.29. The Hall–Kier alpha value is 0.0687. The predicted molar refractivity (Wildman–Crippen MR) is 66.6 cm³/mol. The number of halogens is 7. The van der Waals surface area contributed by atoms with Gasteiger partial charge in [-0.2, -0.15) is 0 Å². The van der Waals surface area contributed by atoms with Gasteiger partial charge in [-0.15, -0.1) is 0 Å². The van der Waals surface area contributed by atoms with Crippen molar-refractivity contribution in [2.45, 2.75) is 67.9 Å². The van der Waals surface area contributed by atoms with Crippen LogP contribution >= 0.6 is 0 Å². The maximum absolute atomic E-state index is 13.2. The molecule has 0 N–H and O–H groups in total. The second kappa shape index (κ2) is 10.0. The van der Waals surface area contributed by atoms with Crippen LogP contribution in [0.25, 0.3) is 0 Å². The fraction of sp³-hybridized carbons (Fsp3) is 1.00. The summed E-state index contributed by atoms with van der Waals surface area (Å²) in [6, 6.07) is 0. The first-order valence-corrected chi connectivity index (χ1v) is 10.9. The summed E-state index contributed by atoms with van der Waals surface area (Å²) in [6.45, 7) is 1.71. The molecule has 10 heteroatoms. The van der Waals surface area contributed by atoms with Crippen molar-refractivity contribution in [2.75, 3.05) is 6.61 Å². The molecule has 0 fully saturated rings. The van der Waals surface area contributed by atoms with Gasteiger partial charge in [-0.05, 0) is 0 Å². The van der Waals surface area contributed by atoms with Gasteiger partial charge in [0.05, 0.1) is 0 Å². The summed E-state index contributed by atoms with van der Waals surface area (Å²) in [5.41, 5.74) is 0. The molecule has 0 aromatic heterocycles. The average Bonchev–Trinajstić information content (AvgIpc) is 2.44. The molecule has 0 saturated carbocycles. The Bertz CT molecular complexity index is 339. The summed E-state index contributed by atoms with van der Waals surface area (Å²) in [5.74, 6) is -11.6. The van der Waals surface area contributed by atoms with Crippen molar-refractivity contribution in [3.05, 3.63) is 0 Å². The molecule has 0 aromatic rings. The molecular weight excluding hydrogens is 428 g/mol. The Morgan fingerprint density at radius 1 is 0.909 bits per heavy atom. The van der Waals surface area contributed by atoms with Crippen molar-refractivity contribution in [2.24, 2.45) is 0 Å². The van der Waals surface area contributed by atoms with Crippen molar-refractivity contribution in [1.82, 2.24) is 0 Å². The first-order chi connectivity index (χ1) is 10.1. The van der Waals surface area contributed by atoms with Crippen LogP contribution in [0.4, 0.5) is 30.7 Å². The molecule has 0 aliphatic carbocycles. The molecule has 0 rings (SSSR count). The van der Waals surface area contributed by atoms with Gasteiger partial charge >= 0.3 is 132 Å². The molecule has 0 aliphatic rings. The molecule has 0 saturated heterocycles. The van der Waals surface area contributed by atoms with E-state index in [2.05, 4.69) is 3.07 Å². The van der Waals surface area contributed by atoms with Crippen LogP contribution in [-0.4, -0.2) is 49.2 Å². The summed E-state index contributed by atoms with van der Waals surface area (Å²) >= 11 is -5.22. The molecule has 22 heavy (non-hydrogen) atoms. The van der Waals surface area contributed by atoms with Crippen molar-refractivity contribution in [3.8, 4) is 0 Å². The molecule has 0 radical (unpaired) electrons. The SMILES string of the molecule is CCCCCCCC[O][Sn](=[O])[CH](F)C(F)(F)C(F)(F)C(F)F. The summed E-state index contributed by atoms with van der Waals surface area (Å²) in [4.78, 5) is 0. The first-order valence-electron chi connectivity index (χ1n) is 6.93. The number of hydrogen-bond donors (Lipinski definition) is 0. The van der Waals surface area contributed by atoms with Crippen LogP contribution in [-0.2, 0) is 6.15 Å². The summed E-state index contributed by atoms with van der Waals surface area (Å²) in [7, 11) is 0. The van der Waals surface area contributed by atoms with Crippen LogP contribution in [0.2, 0.25) is 0 Å². The Balaban J connectivity index is 4.26. The third-order valence-corrected chi connectivity index (χ3v) is 6.60. The quantitative estimate of drug-likeness (QED) is 0.247. The van der Waals surface area contributed by atoms with Gasteiger partial charge in [0.25, 0.3) is 0 Å². The van der Waals surface area contributed by atoms with Gasteiger partial charge in [0.2, 0.25) is 0 Å². The molecule has 0 spiro atoms. The van der Waals surface area contributed by atoms with E-state index in [9.17, 15) is 33.8 Å².